The minimum Gasteiger partial charge on any atom is -0.360 e. The molecule has 0 bridgehead atoms. The largest absolute Gasteiger partial charge is 0.360 e. The van der Waals surface area contributed by atoms with E-state index in [1.165, 1.54) is 0 Å². The molecule has 22 heavy (non-hydrogen) atoms. The Morgan fingerprint density at radius 2 is 2.14 bits per heavy atom. The van der Waals surface area contributed by atoms with Gasteiger partial charge in [-0.2, -0.15) is 0 Å². The summed E-state index contributed by atoms with van der Waals surface area (Å²) in [6.45, 7) is 3.84. The van der Waals surface area contributed by atoms with Gasteiger partial charge in [-0.05, 0) is 32.8 Å². The number of rotatable bonds is 4. The monoisotopic (exact) mass is 301 g/mol. The van der Waals surface area contributed by atoms with E-state index in [1.807, 2.05) is 13.8 Å². The predicted octanol–water partition coefficient (Wildman–Crippen LogP) is 1.57. The minimum atomic E-state index is -0.184. The van der Waals surface area contributed by atoms with Crippen LogP contribution in [0, 0.1) is 0 Å². The molecule has 3 rings (SSSR count). The summed E-state index contributed by atoms with van der Waals surface area (Å²) in [5.41, 5.74) is 1.28. The predicted molar refractivity (Wildman–Crippen MR) is 80.6 cm³/mol. The second-order valence-electron chi connectivity index (χ2n) is 5.72. The maximum Gasteiger partial charge on any atom is 0.273 e. The van der Waals surface area contributed by atoms with Gasteiger partial charge >= 0.3 is 0 Å². The number of anilines is 1. The van der Waals surface area contributed by atoms with Gasteiger partial charge in [0.1, 0.15) is 5.76 Å². The molecule has 2 aromatic rings. The summed E-state index contributed by atoms with van der Waals surface area (Å²) < 4.78 is 5.32. The van der Waals surface area contributed by atoms with Crippen LogP contribution in [0.2, 0.25) is 0 Å². The molecule has 1 amide bonds. The first-order chi connectivity index (χ1) is 10.6. The first kappa shape index (κ1) is 14.5. The van der Waals surface area contributed by atoms with Crippen molar-refractivity contribution in [3.05, 3.63) is 35.5 Å². The average Bonchev–Trinajstić information content (AvgIpc) is 2.91. The van der Waals surface area contributed by atoms with Gasteiger partial charge in [-0.15, -0.1) is 0 Å². The van der Waals surface area contributed by atoms with Gasteiger partial charge in [0.05, 0.1) is 0 Å². The summed E-state index contributed by atoms with van der Waals surface area (Å²) >= 11 is 0. The molecule has 1 atom stereocenters. The summed E-state index contributed by atoms with van der Waals surface area (Å²) in [5, 5.41) is 10.1. The lowest BCUT2D eigenvalue weighted by Gasteiger charge is -2.22. The lowest BCUT2D eigenvalue weighted by Crippen LogP contribution is -2.33. The SMILES string of the molecule is CC(C)NC(=O)c1noc2c1CC(Nc1ncccn1)CC2. The van der Waals surface area contributed by atoms with Crippen molar-refractivity contribution in [1.29, 1.82) is 0 Å². The highest BCUT2D eigenvalue weighted by molar-refractivity contribution is 5.94. The van der Waals surface area contributed by atoms with E-state index in [4.69, 9.17) is 4.52 Å². The van der Waals surface area contributed by atoms with Crippen molar-refractivity contribution in [2.75, 3.05) is 5.32 Å². The van der Waals surface area contributed by atoms with Crippen molar-refractivity contribution >= 4 is 11.9 Å². The summed E-state index contributed by atoms with van der Waals surface area (Å²) in [4.78, 5) is 20.5. The van der Waals surface area contributed by atoms with Crippen LogP contribution in [-0.2, 0) is 12.8 Å². The first-order valence-electron chi connectivity index (χ1n) is 7.45. The Balaban J connectivity index is 1.74. The van der Waals surface area contributed by atoms with Gasteiger partial charge in [-0.1, -0.05) is 5.16 Å². The summed E-state index contributed by atoms with van der Waals surface area (Å²) in [5.74, 6) is 1.22. The van der Waals surface area contributed by atoms with Crippen LogP contribution in [0.3, 0.4) is 0 Å². The normalized spacial score (nSPS) is 17.1. The molecule has 2 heterocycles. The maximum absolute atomic E-state index is 12.2. The molecule has 0 aliphatic heterocycles. The van der Waals surface area contributed by atoms with E-state index in [0.29, 0.717) is 18.1 Å². The van der Waals surface area contributed by atoms with Crippen LogP contribution in [0.5, 0.6) is 0 Å². The highest BCUT2D eigenvalue weighted by atomic mass is 16.5. The topological polar surface area (TPSA) is 92.9 Å². The van der Waals surface area contributed by atoms with Crippen molar-refractivity contribution < 1.29 is 9.32 Å². The van der Waals surface area contributed by atoms with E-state index in [9.17, 15) is 4.79 Å². The Hall–Kier alpha value is -2.44. The highest BCUT2D eigenvalue weighted by Crippen LogP contribution is 2.26. The fourth-order valence-electron chi connectivity index (χ4n) is 2.59. The van der Waals surface area contributed by atoms with Crippen LogP contribution in [-0.4, -0.2) is 33.1 Å². The Morgan fingerprint density at radius 3 is 2.86 bits per heavy atom. The van der Waals surface area contributed by atoms with E-state index < -0.39 is 0 Å². The third kappa shape index (κ3) is 3.08. The van der Waals surface area contributed by atoms with Crippen LogP contribution >= 0.6 is 0 Å². The number of nitrogens with zero attached hydrogens (tertiary/aromatic N) is 3. The lowest BCUT2D eigenvalue weighted by atomic mass is 9.92. The molecule has 0 radical (unpaired) electrons. The molecule has 7 heteroatoms. The Bertz CT molecular complexity index is 653. The van der Waals surface area contributed by atoms with Gasteiger partial charge in [-0.25, -0.2) is 9.97 Å². The number of hydrogen-bond acceptors (Lipinski definition) is 6. The van der Waals surface area contributed by atoms with Crippen LogP contribution in [0.25, 0.3) is 0 Å². The second kappa shape index (κ2) is 6.13. The third-order valence-electron chi connectivity index (χ3n) is 3.57. The third-order valence-corrected chi connectivity index (χ3v) is 3.57. The van der Waals surface area contributed by atoms with Crippen molar-refractivity contribution in [3.8, 4) is 0 Å². The fourth-order valence-corrected chi connectivity index (χ4v) is 2.59. The zero-order valence-electron chi connectivity index (χ0n) is 12.7. The molecule has 2 N–H and O–H groups in total. The molecule has 1 unspecified atom stereocenters. The molecular weight excluding hydrogens is 282 g/mol. The number of carbonyl (C=O) groups is 1. The van der Waals surface area contributed by atoms with Gasteiger partial charge in [-0.3, -0.25) is 4.79 Å². The molecule has 0 fully saturated rings. The number of hydrogen-bond donors (Lipinski definition) is 2. The Kier molecular flexibility index (Phi) is 4.04. The maximum atomic E-state index is 12.2. The lowest BCUT2D eigenvalue weighted by molar-refractivity contribution is 0.0933. The molecule has 0 spiro atoms. The van der Waals surface area contributed by atoms with E-state index in [1.54, 1.807) is 18.5 Å². The Labute approximate surface area is 128 Å². The van der Waals surface area contributed by atoms with Gasteiger partial charge < -0.3 is 15.2 Å². The molecule has 1 aliphatic carbocycles. The fraction of sp³-hybridized carbons (Fsp3) is 0.467. The number of carbonyl (C=O) groups excluding carboxylic acids is 1. The smallest absolute Gasteiger partial charge is 0.273 e. The van der Waals surface area contributed by atoms with Crippen molar-refractivity contribution in [2.24, 2.45) is 0 Å². The van der Waals surface area contributed by atoms with E-state index in [0.717, 1.165) is 24.2 Å². The van der Waals surface area contributed by atoms with E-state index >= 15 is 0 Å². The van der Waals surface area contributed by atoms with Gasteiger partial charge in [0, 0.05) is 36.5 Å². The standard InChI is InChI=1S/C15H19N5O2/c1-9(2)18-14(21)13-11-8-10(4-5-12(11)22-20-13)19-15-16-6-3-7-17-15/h3,6-7,9-10H,4-5,8H2,1-2H3,(H,18,21)(H,16,17,19). The second-order valence-corrected chi connectivity index (χ2v) is 5.72. The molecule has 2 aromatic heterocycles. The van der Waals surface area contributed by atoms with Crippen molar-refractivity contribution in [1.82, 2.24) is 20.4 Å². The Morgan fingerprint density at radius 1 is 1.36 bits per heavy atom. The summed E-state index contributed by atoms with van der Waals surface area (Å²) in [7, 11) is 0. The van der Waals surface area contributed by atoms with E-state index in [2.05, 4.69) is 25.8 Å². The zero-order chi connectivity index (χ0) is 15.5. The number of fused-ring (bicyclic) bond motifs is 1. The number of nitrogens with one attached hydrogen (secondary N) is 2. The molecule has 116 valence electrons. The number of aromatic nitrogens is 3. The molecule has 7 nitrogen and oxygen atoms in total. The molecule has 0 saturated heterocycles. The average molecular weight is 301 g/mol. The summed E-state index contributed by atoms with van der Waals surface area (Å²) in [6, 6.07) is 2.01. The molecule has 1 aliphatic rings. The highest BCUT2D eigenvalue weighted by Gasteiger charge is 2.29. The molecule has 0 aromatic carbocycles. The van der Waals surface area contributed by atoms with Crippen LogP contribution in [0.15, 0.2) is 23.0 Å². The quantitative estimate of drug-likeness (QED) is 0.890. The molecular formula is C15H19N5O2. The zero-order valence-corrected chi connectivity index (χ0v) is 12.7. The number of aryl methyl sites for hydroxylation is 1. The van der Waals surface area contributed by atoms with Crippen molar-refractivity contribution in [2.45, 2.75) is 45.2 Å². The first-order valence-corrected chi connectivity index (χ1v) is 7.45. The van der Waals surface area contributed by atoms with Crippen LogP contribution < -0.4 is 10.6 Å². The molecule has 0 saturated carbocycles. The number of amides is 1. The van der Waals surface area contributed by atoms with Crippen LogP contribution in [0.4, 0.5) is 5.95 Å². The van der Waals surface area contributed by atoms with Gasteiger partial charge in [0.15, 0.2) is 5.69 Å². The van der Waals surface area contributed by atoms with Crippen molar-refractivity contribution in [3.63, 3.8) is 0 Å². The van der Waals surface area contributed by atoms with Gasteiger partial charge in [0.2, 0.25) is 5.95 Å². The van der Waals surface area contributed by atoms with Gasteiger partial charge in [0.25, 0.3) is 5.91 Å². The van der Waals surface area contributed by atoms with E-state index in [-0.39, 0.29) is 18.0 Å². The summed E-state index contributed by atoms with van der Waals surface area (Å²) in [6.07, 6.45) is 5.72. The van der Waals surface area contributed by atoms with Crippen LogP contribution in [0.1, 0.15) is 42.1 Å². The minimum absolute atomic E-state index is 0.0649.